The summed E-state index contributed by atoms with van der Waals surface area (Å²) in [5.41, 5.74) is 7.15. The smallest absolute Gasteiger partial charge is 0.289 e. The summed E-state index contributed by atoms with van der Waals surface area (Å²) in [5, 5.41) is 0.877. The Morgan fingerprint density at radius 1 is 1.43 bits per heavy atom. The molecule has 1 aliphatic heterocycles. The van der Waals surface area contributed by atoms with E-state index in [-0.39, 0.29) is 11.9 Å². The second kappa shape index (κ2) is 5.41. The van der Waals surface area contributed by atoms with E-state index in [0.29, 0.717) is 17.0 Å². The average Bonchev–Trinajstić information content (AvgIpc) is 3.03. The van der Waals surface area contributed by atoms with Gasteiger partial charge in [-0.3, -0.25) is 4.79 Å². The van der Waals surface area contributed by atoms with Crippen molar-refractivity contribution in [1.82, 2.24) is 9.80 Å². The standard InChI is InChI=1S/C16H21N3O2/c1-18(2)10-13-4-3-7-19(13)16(20)15-9-11-8-12(17)5-6-14(11)21-15/h5-6,8-9,13H,3-4,7,10,17H2,1-2H3. The van der Waals surface area contributed by atoms with E-state index in [9.17, 15) is 4.79 Å². The molecular weight excluding hydrogens is 266 g/mol. The molecule has 1 saturated heterocycles. The predicted molar refractivity (Wildman–Crippen MR) is 83.2 cm³/mol. The van der Waals surface area contributed by atoms with Crippen molar-refractivity contribution >= 4 is 22.6 Å². The van der Waals surface area contributed by atoms with Gasteiger partial charge in [0, 0.05) is 30.2 Å². The molecule has 0 saturated carbocycles. The van der Waals surface area contributed by atoms with E-state index in [4.69, 9.17) is 10.2 Å². The van der Waals surface area contributed by atoms with Crippen LogP contribution in [0.1, 0.15) is 23.4 Å². The van der Waals surface area contributed by atoms with Crippen LogP contribution in [-0.4, -0.2) is 48.9 Å². The number of nitrogens with zero attached hydrogens (tertiary/aromatic N) is 2. The zero-order valence-corrected chi connectivity index (χ0v) is 12.5. The van der Waals surface area contributed by atoms with E-state index < -0.39 is 0 Å². The molecule has 1 unspecified atom stereocenters. The molecule has 0 spiro atoms. The summed E-state index contributed by atoms with van der Waals surface area (Å²) >= 11 is 0. The van der Waals surface area contributed by atoms with E-state index >= 15 is 0 Å². The molecule has 1 aromatic heterocycles. The van der Waals surface area contributed by atoms with E-state index in [2.05, 4.69) is 4.90 Å². The van der Waals surface area contributed by atoms with Crippen molar-refractivity contribution in [2.75, 3.05) is 32.9 Å². The summed E-state index contributed by atoms with van der Waals surface area (Å²) in [6.45, 7) is 1.69. The molecule has 1 aliphatic rings. The van der Waals surface area contributed by atoms with Gasteiger partial charge in [-0.2, -0.15) is 0 Å². The number of furan rings is 1. The molecule has 1 aromatic carbocycles. The molecule has 3 rings (SSSR count). The number of hydrogen-bond donors (Lipinski definition) is 1. The molecule has 5 heteroatoms. The average molecular weight is 287 g/mol. The first kappa shape index (κ1) is 13.9. The van der Waals surface area contributed by atoms with E-state index in [1.54, 1.807) is 12.1 Å². The van der Waals surface area contributed by atoms with Gasteiger partial charge in [0.05, 0.1) is 0 Å². The Labute approximate surface area is 124 Å². The Hall–Kier alpha value is -2.01. The highest BCUT2D eigenvalue weighted by Crippen LogP contribution is 2.26. The zero-order chi connectivity index (χ0) is 15.0. The maximum atomic E-state index is 12.7. The Bertz CT molecular complexity index is 663. The van der Waals surface area contributed by atoms with Crippen LogP contribution in [0.5, 0.6) is 0 Å². The minimum absolute atomic E-state index is 0.0193. The van der Waals surface area contributed by atoms with Gasteiger partial charge in [-0.1, -0.05) is 0 Å². The molecule has 112 valence electrons. The van der Waals surface area contributed by atoms with Gasteiger partial charge in [-0.15, -0.1) is 0 Å². The second-order valence-corrected chi connectivity index (χ2v) is 5.96. The van der Waals surface area contributed by atoms with Gasteiger partial charge in [0.1, 0.15) is 5.58 Å². The lowest BCUT2D eigenvalue weighted by molar-refractivity contribution is 0.0686. The largest absolute Gasteiger partial charge is 0.451 e. The van der Waals surface area contributed by atoms with Crippen molar-refractivity contribution in [3.8, 4) is 0 Å². The van der Waals surface area contributed by atoms with Crippen molar-refractivity contribution in [3.63, 3.8) is 0 Å². The number of fused-ring (bicyclic) bond motifs is 1. The highest BCUT2D eigenvalue weighted by Gasteiger charge is 2.31. The number of likely N-dealkylation sites (N-methyl/N-ethyl adjacent to an activating group) is 1. The fraction of sp³-hybridized carbons (Fsp3) is 0.438. The lowest BCUT2D eigenvalue weighted by atomic mass is 10.2. The monoisotopic (exact) mass is 287 g/mol. The van der Waals surface area contributed by atoms with Crippen LogP contribution in [0.25, 0.3) is 11.0 Å². The summed E-state index contributed by atoms with van der Waals surface area (Å²) in [6.07, 6.45) is 2.11. The first-order chi connectivity index (χ1) is 10.0. The number of anilines is 1. The molecule has 2 aromatic rings. The normalized spacial score (nSPS) is 18.8. The maximum absolute atomic E-state index is 12.7. The van der Waals surface area contributed by atoms with Gasteiger partial charge in [0.25, 0.3) is 5.91 Å². The van der Waals surface area contributed by atoms with Gasteiger partial charge in [0.2, 0.25) is 0 Å². The van der Waals surface area contributed by atoms with Crippen LogP contribution in [0.3, 0.4) is 0 Å². The number of carbonyl (C=O) groups excluding carboxylic acids is 1. The molecule has 1 atom stereocenters. The molecule has 2 heterocycles. The molecule has 5 nitrogen and oxygen atoms in total. The van der Waals surface area contributed by atoms with Gasteiger partial charge in [-0.05, 0) is 51.2 Å². The summed E-state index contributed by atoms with van der Waals surface area (Å²) in [6, 6.07) is 7.48. The van der Waals surface area contributed by atoms with E-state index in [1.165, 1.54) is 0 Å². The molecule has 1 fully saturated rings. The SMILES string of the molecule is CN(C)CC1CCCN1C(=O)c1cc2cc(N)ccc2o1. The summed E-state index contributed by atoms with van der Waals surface area (Å²) in [4.78, 5) is 16.7. The number of nitrogen functional groups attached to an aromatic ring is 1. The van der Waals surface area contributed by atoms with Crippen LogP contribution in [-0.2, 0) is 0 Å². The summed E-state index contributed by atoms with van der Waals surface area (Å²) in [7, 11) is 4.07. The molecular formula is C16H21N3O2. The van der Waals surface area contributed by atoms with E-state index in [1.807, 2.05) is 31.1 Å². The topological polar surface area (TPSA) is 62.7 Å². The minimum Gasteiger partial charge on any atom is -0.451 e. The Balaban J connectivity index is 1.85. The van der Waals surface area contributed by atoms with Crippen LogP contribution >= 0.6 is 0 Å². The number of benzene rings is 1. The van der Waals surface area contributed by atoms with Crippen molar-refractivity contribution < 1.29 is 9.21 Å². The maximum Gasteiger partial charge on any atom is 0.289 e. The van der Waals surface area contributed by atoms with Crippen molar-refractivity contribution in [1.29, 1.82) is 0 Å². The Morgan fingerprint density at radius 3 is 3.00 bits per heavy atom. The van der Waals surface area contributed by atoms with Gasteiger partial charge in [-0.25, -0.2) is 0 Å². The van der Waals surface area contributed by atoms with Crippen molar-refractivity contribution in [2.45, 2.75) is 18.9 Å². The van der Waals surface area contributed by atoms with Crippen molar-refractivity contribution in [2.24, 2.45) is 0 Å². The number of hydrogen-bond acceptors (Lipinski definition) is 4. The predicted octanol–water partition coefficient (Wildman–Crippen LogP) is 2.18. The van der Waals surface area contributed by atoms with Crippen LogP contribution in [0.4, 0.5) is 5.69 Å². The molecule has 0 radical (unpaired) electrons. The second-order valence-electron chi connectivity index (χ2n) is 5.96. The van der Waals surface area contributed by atoms with Gasteiger partial charge < -0.3 is 20.0 Å². The van der Waals surface area contributed by atoms with Crippen LogP contribution in [0.15, 0.2) is 28.7 Å². The fourth-order valence-electron chi connectivity index (χ4n) is 3.02. The molecule has 0 bridgehead atoms. The molecule has 1 amide bonds. The lowest BCUT2D eigenvalue weighted by Gasteiger charge is -2.26. The number of likely N-dealkylation sites (tertiary alicyclic amines) is 1. The Kier molecular flexibility index (Phi) is 3.59. The van der Waals surface area contributed by atoms with Crippen molar-refractivity contribution in [3.05, 3.63) is 30.0 Å². The van der Waals surface area contributed by atoms with E-state index in [0.717, 1.165) is 31.3 Å². The van der Waals surface area contributed by atoms with Crippen LogP contribution in [0.2, 0.25) is 0 Å². The van der Waals surface area contributed by atoms with Gasteiger partial charge in [0.15, 0.2) is 5.76 Å². The lowest BCUT2D eigenvalue weighted by Crippen LogP contribution is -2.41. The number of rotatable bonds is 3. The van der Waals surface area contributed by atoms with Crippen LogP contribution < -0.4 is 5.73 Å². The zero-order valence-electron chi connectivity index (χ0n) is 12.5. The van der Waals surface area contributed by atoms with Crippen LogP contribution in [0, 0.1) is 0 Å². The Morgan fingerprint density at radius 2 is 2.24 bits per heavy atom. The fourth-order valence-corrected chi connectivity index (χ4v) is 3.02. The molecule has 2 N–H and O–H groups in total. The molecule has 0 aliphatic carbocycles. The number of carbonyl (C=O) groups is 1. The highest BCUT2D eigenvalue weighted by molar-refractivity contribution is 5.97. The minimum atomic E-state index is -0.0193. The summed E-state index contributed by atoms with van der Waals surface area (Å²) in [5.74, 6) is 0.385. The number of amides is 1. The summed E-state index contributed by atoms with van der Waals surface area (Å²) < 4.78 is 5.69. The highest BCUT2D eigenvalue weighted by atomic mass is 16.3. The third-order valence-corrected chi connectivity index (χ3v) is 3.97. The quantitative estimate of drug-likeness (QED) is 0.879. The third kappa shape index (κ3) is 2.74. The van der Waals surface area contributed by atoms with Gasteiger partial charge >= 0.3 is 0 Å². The number of nitrogens with two attached hydrogens (primary N) is 1. The first-order valence-corrected chi connectivity index (χ1v) is 7.29. The third-order valence-electron chi connectivity index (χ3n) is 3.97. The first-order valence-electron chi connectivity index (χ1n) is 7.29. The molecule has 21 heavy (non-hydrogen) atoms.